The van der Waals surface area contributed by atoms with Crippen molar-refractivity contribution in [2.24, 2.45) is 0 Å². The van der Waals surface area contributed by atoms with Crippen LogP contribution in [0.25, 0.3) is 0 Å². The fourth-order valence-electron chi connectivity index (χ4n) is 1.41. The maximum atomic E-state index is 2.45. The van der Waals surface area contributed by atoms with E-state index in [1.54, 1.807) is 3.58 Å². The zero-order chi connectivity index (χ0) is 11.0. The molecule has 0 aliphatic heterocycles. The average Bonchev–Trinajstić information content (AvgIpc) is 2.01. The molecule has 0 aromatic heterocycles. The van der Waals surface area contributed by atoms with Crippen LogP contribution in [0, 0.1) is 0 Å². The Kier molecular flexibility index (Phi) is 3.32. The van der Waals surface area contributed by atoms with E-state index >= 15 is 0 Å². The van der Waals surface area contributed by atoms with Gasteiger partial charge in [-0.2, -0.15) is 0 Å². The second kappa shape index (κ2) is 3.86. The van der Waals surface area contributed by atoms with Gasteiger partial charge in [0.05, 0.1) is 0 Å². The summed E-state index contributed by atoms with van der Waals surface area (Å²) < 4.78 is 2.51. The van der Waals surface area contributed by atoms with Crippen molar-refractivity contribution in [1.82, 2.24) is 4.48 Å². The van der Waals surface area contributed by atoms with Crippen molar-refractivity contribution in [2.45, 2.75) is 14.8 Å². The molecule has 2 heteroatoms. The van der Waals surface area contributed by atoms with Gasteiger partial charge in [-0.15, -0.1) is 0 Å². The van der Waals surface area contributed by atoms with Gasteiger partial charge in [0.15, 0.2) is 0 Å². The van der Waals surface area contributed by atoms with E-state index in [-0.39, 0.29) is 0 Å². The van der Waals surface area contributed by atoms with E-state index < -0.39 is 18.4 Å². The molecule has 14 heavy (non-hydrogen) atoms. The first-order valence-corrected chi connectivity index (χ1v) is 15.1. The van der Waals surface area contributed by atoms with E-state index in [0.29, 0.717) is 0 Å². The molecule has 0 amide bonds. The molecular weight excluding hydrogens is 277 g/mol. The fourth-order valence-corrected chi connectivity index (χ4v) is 4.74. The van der Waals surface area contributed by atoms with Crippen molar-refractivity contribution in [2.75, 3.05) is 21.1 Å². The summed E-state index contributed by atoms with van der Waals surface area (Å²) in [5, 5.41) is 0. The third-order valence-electron chi connectivity index (χ3n) is 2.51. The van der Waals surface area contributed by atoms with Gasteiger partial charge in [-0.1, -0.05) is 0 Å². The Labute approximate surface area is 92.2 Å². The molecule has 0 heterocycles. The number of benzene rings is 1. The first kappa shape index (κ1) is 12.1. The van der Waals surface area contributed by atoms with E-state index in [9.17, 15) is 0 Å². The third-order valence-corrected chi connectivity index (χ3v) is 8.40. The SMILES string of the molecule is C[N+](C)(C)c1cc[c]([Sn]([CH3])([CH3])[CH3])cc1. The van der Waals surface area contributed by atoms with Crippen LogP contribution in [0.2, 0.25) is 14.8 Å². The van der Waals surface area contributed by atoms with Crippen molar-refractivity contribution >= 4 is 27.6 Å². The molecule has 1 rings (SSSR count). The first-order chi connectivity index (χ1) is 6.21. The summed E-state index contributed by atoms with van der Waals surface area (Å²) in [4.78, 5) is 7.36. The molecule has 0 bridgehead atoms. The number of rotatable bonds is 2. The average molecular weight is 299 g/mol. The molecule has 0 unspecified atom stereocenters. The van der Waals surface area contributed by atoms with E-state index in [1.807, 2.05) is 0 Å². The Morgan fingerprint density at radius 1 is 0.857 bits per heavy atom. The zero-order valence-corrected chi connectivity index (χ0v) is 13.1. The first-order valence-electron chi connectivity index (χ1n) is 5.14. The predicted octanol–water partition coefficient (Wildman–Crippen LogP) is 2.43. The van der Waals surface area contributed by atoms with Crippen LogP contribution in [-0.4, -0.2) is 39.5 Å². The number of hydrogen-bond acceptors (Lipinski definition) is 0. The second-order valence-corrected chi connectivity index (χ2v) is 20.3. The summed E-state index contributed by atoms with van der Waals surface area (Å²) in [5.74, 6) is 0. The molecule has 0 aliphatic rings. The van der Waals surface area contributed by atoms with Crippen LogP contribution in [-0.2, 0) is 0 Å². The van der Waals surface area contributed by atoms with E-state index in [0.717, 1.165) is 4.48 Å². The van der Waals surface area contributed by atoms with Gasteiger partial charge in [0.2, 0.25) is 0 Å². The number of hydrogen-bond donors (Lipinski definition) is 0. The zero-order valence-electron chi connectivity index (χ0n) is 10.3. The fraction of sp³-hybridized carbons (Fsp3) is 0.500. The molecule has 0 N–H and O–H groups in total. The van der Waals surface area contributed by atoms with Gasteiger partial charge in [-0.05, 0) is 0 Å². The Morgan fingerprint density at radius 2 is 1.29 bits per heavy atom. The van der Waals surface area contributed by atoms with E-state index in [4.69, 9.17) is 0 Å². The molecule has 1 aromatic carbocycles. The van der Waals surface area contributed by atoms with Gasteiger partial charge in [0, 0.05) is 0 Å². The molecule has 0 saturated heterocycles. The molecule has 0 fully saturated rings. The van der Waals surface area contributed by atoms with Gasteiger partial charge >= 0.3 is 92.4 Å². The Hall–Kier alpha value is -0.0213. The van der Waals surface area contributed by atoms with Crippen LogP contribution < -0.4 is 8.06 Å². The number of nitrogens with zero attached hydrogens (tertiary/aromatic N) is 1. The monoisotopic (exact) mass is 300 g/mol. The van der Waals surface area contributed by atoms with Crippen molar-refractivity contribution in [3.05, 3.63) is 24.3 Å². The molecule has 1 aromatic rings. The van der Waals surface area contributed by atoms with Crippen molar-refractivity contribution < 1.29 is 0 Å². The van der Waals surface area contributed by atoms with E-state index in [1.165, 1.54) is 5.69 Å². The summed E-state index contributed by atoms with van der Waals surface area (Å²) in [6.45, 7) is 0. The van der Waals surface area contributed by atoms with Gasteiger partial charge in [0.1, 0.15) is 0 Å². The van der Waals surface area contributed by atoms with Crippen molar-refractivity contribution in [1.29, 1.82) is 0 Å². The van der Waals surface area contributed by atoms with Crippen LogP contribution in [0.1, 0.15) is 0 Å². The third kappa shape index (κ3) is 2.99. The summed E-state index contributed by atoms with van der Waals surface area (Å²) >= 11 is -1.83. The van der Waals surface area contributed by atoms with Crippen LogP contribution in [0.3, 0.4) is 0 Å². The van der Waals surface area contributed by atoms with Gasteiger partial charge < -0.3 is 0 Å². The molecular formula is C12H22NSn+. The second-order valence-electron chi connectivity index (χ2n) is 5.81. The van der Waals surface area contributed by atoms with Gasteiger partial charge in [0.25, 0.3) is 0 Å². The Balaban J connectivity index is 3.02. The summed E-state index contributed by atoms with van der Waals surface area (Å²) in [6.07, 6.45) is 0. The molecule has 0 saturated carbocycles. The van der Waals surface area contributed by atoms with Gasteiger partial charge in [-0.3, -0.25) is 0 Å². The van der Waals surface area contributed by atoms with E-state index in [2.05, 4.69) is 60.2 Å². The van der Waals surface area contributed by atoms with Gasteiger partial charge in [-0.25, -0.2) is 0 Å². The Morgan fingerprint density at radius 3 is 1.57 bits per heavy atom. The standard InChI is InChI=1S/C9H13N.3CH3.Sn/c1-10(2,3)9-7-5-4-6-8-9;;;;/h5-8H,1-3H3;3*1H3;/q+1;;;;. The summed E-state index contributed by atoms with van der Waals surface area (Å²) in [6, 6.07) is 9.21. The quantitative estimate of drug-likeness (QED) is 0.581. The molecule has 0 aliphatic carbocycles. The maximum absolute atomic E-state index is 2.45. The molecule has 1 nitrogen and oxygen atoms in total. The minimum atomic E-state index is -1.83. The van der Waals surface area contributed by atoms with Crippen molar-refractivity contribution in [3.63, 3.8) is 0 Å². The summed E-state index contributed by atoms with van der Waals surface area (Å²) in [5.41, 5.74) is 1.38. The molecule has 0 spiro atoms. The van der Waals surface area contributed by atoms with Crippen LogP contribution >= 0.6 is 0 Å². The van der Waals surface area contributed by atoms with Crippen LogP contribution in [0.4, 0.5) is 5.69 Å². The Bertz CT molecular complexity index is 268. The van der Waals surface area contributed by atoms with Crippen LogP contribution in [0.5, 0.6) is 0 Å². The molecule has 0 atom stereocenters. The number of quaternary nitrogens is 1. The summed E-state index contributed by atoms with van der Waals surface area (Å²) in [7, 11) is 6.61. The minimum absolute atomic E-state index is 0.903. The van der Waals surface area contributed by atoms with Crippen LogP contribution in [0.15, 0.2) is 24.3 Å². The normalized spacial score (nSPS) is 13.0. The van der Waals surface area contributed by atoms with Crippen molar-refractivity contribution in [3.8, 4) is 0 Å². The molecule has 0 radical (unpaired) electrons. The topological polar surface area (TPSA) is 0 Å². The molecule has 78 valence electrons. The predicted molar refractivity (Wildman–Crippen MR) is 69.0 cm³/mol.